The molecule has 2 rings (SSSR count). The third kappa shape index (κ3) is 5.47. The molecule has 0 bridgehead atoms. The van der Waals surface area contributed by atoms with Crippen LogP contribution in [0.1, 0.15) is 19.4 Å². The van der Waals surface area contributed by atoms with E-state index in [9.17, 15) is 14.9 Å². The first-order valence-corrected chi connectivity index (χ1v) is 8.69. The number of carbonyl (C=O) groups excluding carboxylic acids is 1. The van der Waals surface area contributed by atoms with Gasteiger partial charge in [-0.1, -0.05) is 6.07 Å². The molecule has 2 aromatic rings. The first-order valence-electron chi connectivity index (χ1n) is 8.69. The molecular formula is C20H22N2O6. The lowest BCUT2D eigenvalue weighted by atomic mass is 10.2. The zero-order valence-electron chi connectivity index (χ0n) is 15.9. The number of nitro groups is 1. The summed E-state index contributed by atoms with van der Waals surface area (Å²) in [6.45, 7) is 4.76. The molecule has 28 heavy (non-hydrogen) atoms. The molecule has 0 radical (unpaired) electrons. The van der Waals surface area contributed by atoms with Gasteiger partial charge in [-0.05, 0) is 43.7 Å². The number of hydrogen-bond acceptors (Lipinski definition) is 6. The van der Waals surface area contributed by atoms with Crippen molar-refractivity contribution in [3.8, 4) is 17.2 Å². The van der Waals surface area contributed by atoms with Crippen LogP contribution in [0.25, 0.3) is 6.08 Å². The zero-order chi connectivity index (χ0) is 20.5. The molecule has 148 valence electrons. The molecule has 0 aliphatic rings. The van der Waals surface area contributed by atoms with Crippen molar-refractivity contribution in [1.82, 2.24) is 0 Å². The van der Waals surface area contributed by atoms with Crippen molar-refractivity contribution in [2.45, 2.75) is 13.8 Å². The first kappa shape index (κ1) is 20.8. The molecular weight excluding hydrogens is 364 g/mol. The van der Waals surface area contributed by atoms with Crippen molar-refractivity contribution in [2.24, 2.45) is 0 Å². The van der Waals surface area contributed by atoms with Gasteiger partial charge in [0.05, 0.1) is 30.9 Å². The number of amides is 1. The maximum absolute atomic E-state index is 12.2. The molecule has 0 spiro atoms. The van der Waals surface area contributed by atoms with Crippen molar-refractivity contribution in [1.29, 1.82) is 0 Å². The highest BCUT2D eigenvalue weighted by Gasteiger charge is 2.13. The molecule has 0 aliphatic carbocycles. The second-order valence-electron chi connectivity index (χ2n) is 5.54. The summed E-state index contributed by atoms with van der Waals surface area (Å²) >= 11 is 0. The maximum Gasteiger partial charge on any atom is 0.271 e. The predicted octanol–water partition coefficient (Wildman–Crippen LogP) is 4.05. The molecule has 0 saturated carbocycles. The van der Waals surface area contributed by atoms with Crippen LogP contribution in [-0.2, 0) is 4.79 Å². The molecule has 8 nitrogen and oxygen atoms in total. The van der Waals surface area contributed by atoms with Crippen molar-refractivity contribution in [3.63, 3.8) is 0 Å². The normalized spacial score (nSPS) is 10.5. The number of ether oxygens (including phenoxy) is 3. The van der Waals surface area contributed by atoms with Gasteiger partial charge in [0.2, 0.25) is 5.91 Å². The summed E-state index contributed by atoms with van der Waals surface area (Å²) in [5, 5.41) is 13.5. The molecule has 2 aromatic carbocycles. The molecule has 0 fully saturated rings. The van der Waals surface area contributed by atoms with Gasteiger partial charge in [0.1, 0.15) is 5.75 Å². The van der Waals surface area contributed by atoms with E-state index in [2.05, 4.69) is 5.32 Å². The maximum atomic E-state index is 12.2. The highest BCUT2D eigenvalue weighted by Crippen LogP contribution is 2.30. The molecule has 0 heterocycles. The molecule has 0 aromatic heterocycles. The van der Waals surface area contributed by atoms with Gasteiger partial charge in [-0.25, -0.2) is 0 Å². The van der Waals surface area contributed by atoms with E-state index in [0.717, 1.165) is 5.56 Å². The van der Waals surface area contributed by atoms with Gasteiger partial charge in [-0.15, -0.1) is 0 Å². The Bertz CT molecular complexity index is 879. The number of carbonyl (C=O) groups is 1. The minimum atomic E-state index is -0.542. The lowest BCUT2D eigenvalue weighted by Gasteiger charge is -2.11. The average Bonchev–Trinajstić information content (AvgIpc) is 2.68. The number of benzene rings is 2. The van der Waals surface area contributed by atoms with Crippen molar-refractivity contribution in [2.75, 3.05) is 25.6 Å². The van der Waals surface area contributed by atoms with E-state index in [-0.39, 0.29) is 11.4 Å². The Morgan fingerprint density at radius 1 is 1.07 bits per heavy atom. The van der Waals surface area contributed by atoms with Crippen molar-refractivity contribution in [3.05, 3.63) is 58.2 Å². The van der Waals surface area contributed by atoms with E-state index in [1.807, 2.05) is 13.8 Å². The molecule has 0 unspecified atom stereocenters. The Kier molecular flexibility index (Phi) is 7.38. The monoisotopic (exact) mass is 386 g/mol. The molecule has 0 saturated heterocycles. The fourth-order valence-corrected chi connectivity index (χ4v) is 2.42. The van der Waals surface area contributed by atoms with Gasteiger partial charge in [0, 0.05) is 18.2 Å². The molecule has 8 heteroatoms. The molecule has 0 aliphatic heterocycles. The van der Waals surface area contributed by atoms with Crippen LogP contribution in [0.15, 0.2) is 42.5 Å². The SMILES string of the molecule is CCOc1ccc(/C=C/C(=O)Nc2cc([N+](=O)[O-])ccc2OC)cc1OCC. The highest BCUT2D eigenvalue weighted by atomic mass is 16.6. The van der Waals surface area contributed by atoms with Crippen LogP contribution in [0.4, 0.5) is 11.4 Å². The van der Waals surface area contributed by atoms with E-state index in [0.29, 0.717) is 30.5 Å². The van der Waals surface area contributed by atoms with Crippen molar-refractivity contribution >= 4 is 23.4 Å². The molecule has 1 N–H and O–H groups in total. The summed E-state index contributed by atoms with van der Waals surface area (Å²) in [7, 11) is 1.42. The van der Waals surface area contributed by atoms with Crippen LogP contribution >= 0.6 is 0 Å². The Morgan fingerprint density at radius 2 is 1.75 bits per heavy atom. The summed E-state index contributed by atoms with van der Waals surface area (Å²) in [6, 6.07) is 9.32. The largest absolute Gasteiger partial charge is 0.495 e. The average molecular weight is 386 g/mol. The third-order valence-corrected chi connectivity index (χ3v) is 3.65. The van der Waals surface area contributed by atoms with Gasteiger partial charge in [0.15, 0.2) is 11.5 Å². The smallest absolute Gasteiger partial charge is 0.271 e. The van der Waals surface area contributed by atoms with E-state index < -0.39 is 10.8 Å². The number of non-ortho nitro benzene ring substituents is 1. The third-order valence-electron chi connectivity index (χ3n) is 3.65. The van der Waals surface area contributed by atoms with Crippen LogP contribution in [0, 0.1) is 10.1 Å². The fourth-order valence-electron chi connectivity index (χ4n) is 2.42. The Hall–Kier alpha value is -3.55. The minimum Gasteiger partial charge on any atom is -0.495 e. The summed E-state index contributed by atoms with van der Waals surface area (Å²) in [4.78, 5) is 22.6. The number of nitro benzene ring substituents is 1. The number of rotatable bonds is 9. The van der Waals surface area contributed by atoms with Crippen LogP contribution in [0.3, 0.4) is 0 Å². The summed E-state index contributed by atoms with van der Waals surface area (Å²) in [5.74, 6) is 1.09. The Morgan fingerprint density at radius 3 is 2.39 bits per heavy atom. The number of anilines is 1. The van der Waals surface area contributed by atoms with Crippen LogP contribution in [-0.4, -0.2) is 31.2 Å². The van der Waals surface area contributed by atoms with E-state index in [1.54, 1.807) is 24.3 Å². The Balaban J connectivity index is 2.17. The Labute approximate surface area is 162 Å². The molecule has 0 atom stereocenters. The second kappa shape index (κ2) is 9.96. The van der Waals surface area contributed by atoms with E-state index >= 15 is 0 Å². The van der Waals surface area contributed by atoms with Gasteiger partial charge in [-0.2, -0.15) is 0 Å². The number of methoxy groups -OCH3 is 1. The van der Waals surface area contributed by atoms with Gasteiger partial charge in [0.25, 0.3) is 5.69 Å². The van der Waals surface area contributed by atoms with Gasteiger partial charge < -0.3 is 19.5 Å². The van der Waals surface area contributed by atoms with E-state index in [1.165, 1.54) is 31.4 Å². The number of hydrogen-bond donors (Lipinski definition) is 1. The second-order valence-corrected chi connectivity index (χ2v) is 5.54. The summed E-state index contributed by atoms with van der Waals surface area (Å²) in [6.07, 6.45) is 2.93. The highest BCUT2D eigenvalue weighted by molar-refractivity contribution is 6.03. The molecule has 1 amide bonds. The van der Waals surface area contributed by atoms with Crippen LogP contribution in [0.2, 0.25) is 0 Å². The topological polar surface area (TPSA) is 99.9 Å². The predicted molar refractivity (Wildman–Crippen MR) is 106 cm³/mol. The number of nitrogens with zero attached hydrogens (tertiary/aromatic N) is 1. The van der Waals surface area contributed by atoms with Crippen LogP contribution < -0.4 is 19.5 Å². The van der Waals surface area contributed by atoms with Crippen molar-refractivity contribution < 1.29 is 23.9 Å². The summed E-state index contributed by atoms with van der Waals surface area (Å²) < 4.78 is 16.2. The summed E-state index contributed by atoms with van der Waals surface area (Å²) in [5.41, 5.74) is 0.814. The zero-order valence-corrected chi connectivity index (χ0v) is 15.9. The lowest BCUT2D eigenvalue weighted by molar-refractivity contribution is -0.384. The lowest BCUT2D eigenvalue weighted by Crippen LogP contribution is -2.09. The van der Waals surface area contributed by atoms with E-state index in [4.69, 9.17) is 14.2 Å². The van der Waals surface area contributed by atoms with Gasteiger partial charge in [-0.3, -0.25) is 14.9 Å². The number of nitrogens with one attached hydrogen (secondary N) is 1. The minimum absolute atomic E-state index is 0.145. The van der Waals surface area contributed by atoms with Crippen LogP contribution in [0.5, 0.6) is 17.2 Å². The quantitative estimate of drug-likeness (QED) is 0.396. The fraction of sp³-hybridized carbons (Fsp3) is 0.250. The standard InChI is InChI=1S/C20H22N2O6/c1-4-27-18-9-6-14(12-19(18)28-5-2)7-11-20(23)21-16-13-15(22(24)25)8-10-17(16)26-3/h6-13H,4-5H2,1-3H3,(H,21,23)/b11-7+. The van der Waals surface area contributed by atoms with Gasteiger partial charge >= 0.3 is 0 Å². The first-order chi connectivity index (χ1) is 13.5.